The van der Waals surface area contributed by atoms with Gasteiger partial charge < -0.3 is 15.3 Å². The molecule has 0 aromatic carbocycles. The highest BCUT2D eigenvalue weighted by Gasteiger charge is 2.29. The van der Waals surface area contributed by atoms with Crippen molar-refractivity contribution in [3.05, 3.63) is 0 Å². The maximum atomic E-state index is 8.61. The normalized spacial score (nSPS) is 12.0. The Balaban J connectivity index is 3.79. The van der Waals surface area contributed by atoms with Crippen molar-refractivity contribution >= 4 is 0 Å². The average Bonchev–Trinajstić information content (AvgIpc) is 1.88. The van der Waals surface area contributed by atoms with Crippen molar-refractivity contribution in [1.82, 2.24) is 0 Å². The number of aliphatic hydroxyl groups is 3. The van der Waals surface area contributed by atoms with Gasteiger partial charge in [0, 0.05) is 39.1 Å². The van der Waals surface area contributed by atoms with Crippen LogP contribution in [0.4, 0.5) is 0 Å². The summed E-state index contributed by atoms with van der Waals surface area (Å²) in [4.78, 5) is 0. The third-order valence-corrected chi connectivity index (χ3v) is 1.83. The quantitative estimate of drug-likeness (QED) is 0.362. The van der Waals surface area contributed by atoms with Gasteiger partial charge in [0.25, 0.3) is 0 Å². The fourth-order valence-corrected chi connectivity index (χ4v) is 1.04. The van der Waals surface area contributed by atoms with Gasteiger partial charge >= 0.3 is 0 Å². The minimum absolute atomic E-state index is 0.00347. The molecule has 0 atom stereocenters. The summed E-state index contributed by atoms with van der Waals surface area (Å²) in [6.45, 7) is -0.0104. The van der Waals surface area contributed by atoms with E-state index in [1.807, 2.05) is 0 Å². The van der Waals surface area contributed by atoms with Gasteiger partial charge in [0.2, 0.25) is 0 Å². The molecule has 5 N–H and O–H groups in total. The van der Waals surface area contributed by atoms with Crippen molar-refractivity contribution in [2.75, 3.05) is 19.8 Å². The van der Waals surface area contributed by atoms with Gasteiger partial charge in [-0.15, -0.1) is 0 Å². The predicted octanol–water partition coefficient (Wildman–Crippen LogP) is -2.10. The van der Waals surface area contributed by atoms with Crippen LogP contribution in [0.2, 0.25) is 0 Å². The fraction of sp³-hybridized carbons (Fsp3) is 1.00. The van der Waals surface area contributed by atoms with E-state index in [1.54, 1.807) is 0 Å². The summed E-state index contributed by atoms with van der Waals surface area (Å²) in [6.07, 6.45) is 1.27. The fourth-order valence-electron chi connectivity index (χ4n) is 1.04. The van der Waals surface area contributed by atoms with Crippen LogP contribution in [0.1, 0.15) is 19.3 Å². The van der Waals surface area contributed by atoms with Crippen LogP contribution in [-0.2, 0) is 0 Å². The van der Waals surface area contributed by atoms with Gasteiger partial charge in [0.1, 0.15) is 5.54 Å². The van der Waals surface area contributed by atoms with Gasteiger partial charge in [0.15, 0.2) is 0 Å². The maximum absolute atomic E-state index is 8.61. The second kappa shape index (κ2) is 5.49. The molecular weight excluding hydrogens is 146 g/mol. The molecule has 0 rings (SSSR count). The molecule has 67 valence electrons. The van der Waals surface area contributed by atoms with Gasteiger partial charge in [-0.2, -0.15) is 5.73 Å². The van der Waals surface area contributed by atoms with E-state index in [4.69, 9.17) is 21.1 Å². The molecule has 0 saturated heterocycles. The van der Waals surface area contributed by atoms with Crippen LogP contribution in [0.25, 0.3) is 0 Å². The van der Waals surface area contributed by atoms with Gasteiger partial charge in [-0.25, -0.2) is 0 Å². The Bertz CT molecular complexity index is 80.7. The minimum atomic E-state index is -0.599. The molecule has 1 radical (unpaired) electrons. The van der Waals surface area contributed by atoms with E-state index < -0.39 is 5.54 Å². The lowest BCUT2D eigenvalue weighted by Gasteiger charge is -2.19. The lowest BCUT2D eigenvalue weighted by atomic mass is 9.90. The Hall–Kier alpha value is -0.160. The molecule has 0 bridgehead atoms. The predicted molar refractivity (Wildman–Crippen MR) is 39.8 cm³/mol. The van der Waals surface area contributed by atoms with Crippen LogP contribution in [0, 0.1) is 0 Å². The van der Waals surface area contributed by atoms with E-state index in [1.165, 1.54) is 0 Å². The largest absolute Gasteiger partial charge is 0.396 e. The molecule has 0 spiro atoms. The van der Waals surface area contributed by atoms with Crippen molar-refractivity contribution in [3.63, 3.8) is 0 Å². The molecule has 0 aliphatic heterocycles. The minimum Gasteiger partial charge on any atom is -0.396 e. The van der Waals surface area contributed by atoms with E-state index in [0.29, 0.717) is 19.3 Å². The number of nitrogens with two attached hydrogens (primary N) is 1. The van der Waals surface area contributed by atoms with Crippen LogP contribution in [0.15, 0.2) is 0 Å². The van der Waals surface area contributed by atoms with E-state index in [2.05, 4.69) is 0 Å². The van der Waals surface area contributed by atoms with Crippen molar-refractivity contribution in [2.24, 2.45) is 0 Å². The van der Waals surface area contributed by atoms with E-state index in [-0.39, 0.29) is 19.8 Å². The molecular formula is C7H17NO3+. The lowest BCUT2D eigenvalue weighted by Crippen LogP contribution is -2.73. The summed E-state index contributed by atoms with van der Waals surface area (Å²) >= 11 is 0. The third kappa shape index (κ3) is 4.31. The first kappa shape index (κ1) is 10.8. The zero-order valence-corrected chi connectivity index (χ0v) is 6.66. The van der Waals surface area contributed by atoms with Gasteiger partial charge in [-0.05, 0) is 0 Å². The van der Waals surface area contributed by atoms with Crippen molar-refractivity contribution in [2.45, 2.75) is 24.8 Å². The van der Waals surface area contributed by atoms with Gasteiger partial charge in [-0.3, -0.25) is 0 Å². The Morgan fingerprint density at radius 2 is 1.09 bits per heavy atom. The SMILES string of the molecule is [NH2+]C(CCO)(CCO)CCO. The van der Waals surface area contributed by atoms with Crippen LogP contribution in [0.3, 0.4) is 0 Å². The zero-order chi connectivity index (χ0) is 8.74. The molecule has 0 amide bonds. The van der Waals surface area contributed by atoms with E-state index in [9.17, 15) is 0 Å². The van der Waals surface area contributed by atoms with Crippen molar-refractivity contribution < 1.29 is 21.1 Å². The standard InChI is InChI=1S/C7H17NO3/c8-7(1-4-9,2-5-10)3-6-11/h9-11H,1-6,8H2/q+1. The molecule has 0 unspecified atom stereocenters. The third-order valence-electron chi connectivity index (χ3n) is 1.83. The van der Waals surface area contributed by atoms with E-state index in [0.717, 1.165) is 0 Å². The smallest absolute Gasteiger partial charge is 0.145 e. The monoisotopic (exact) mass is 163 g/mol. The first-order valence-corrected chi connectivity index (χ1v) is 3.80. The molecule has 0 aliphatic carbocycles. The van der Waals surface area contributed by atoms with Crippen LogP contribution in [-0.4, -0.2) is 40.7 Å². The van der Waals surface area contributed by atoms with Crippen molar-refractivity contribution in [3.8, 4) is 0 Å². The molecule has 4 heteroatoms. The lowest BCUT2D eigenvalue weighted by molar-refractivity contribution is -0.485. The molecule has 0 fully saturated rings. The molecule has 0 aliphatic rings. The van der Waals surface area contributed by atoms with Crippen LogP contribution in [0.5, 0.6) is 0 Å². The Morgan fingerprint density at radius 1 is 0.818 bits per heavy atom. The van der Waals surface area contributed by atoms with Gasteiger partial charge in [-0.1, -0.05) is 0 Å². The number of hydrogen-bond donors (Lipinski definition) is 4. The van der Waals surface area contributed by atoms with Gasteiger partial charge in [0.05, 0.1) is 0 Å². The summed E-state index contributed by atoms with van der Waals surface area (Å²) in [6, 6.07) is 0. The van der Waals surface area contributed by atoms with Crippen LogP contribution >= 0.6 is 0 Å². The average molecular weight is 163 g/mol. The summed E-state index contributed by atoms with van der Waals surface area (Å²) in [5.41, 5.74) is 5.15. The second-order valence-electron chi connectivity index (χ2n) is 2.78. The maximum Gasteiger partial charge on any atom is 0.145 e. The molecule has 0 saturated carbocycles. The number of hydrogen-bond acceptors (Lipinski definition) is 4. The van der Waals surface area contributed by atoms with E-state index >= 15 is 0 Å². The summed E-state index contributed by atoms with van der Waals surface area (Å²) < 4.78 is 0. The molecule has 11 heavy (non-hydrogen) atoms. The summed E-state index contributed by atoms with van der Waals surface area (Å²) in [7, 11) is 0. The highest BCUT2D eigenvalue weighted by Crippen LogP contribution is 2.12. The molecule has 0 aromatic rings. The molecule has 4 nitrogen and oxygen atoms in total. The number of aliphatic hydroxyl groups excluding tert-OH is 3. The Labute approximate surface area is 66.7 Å². The second-order valence-corrected chi connectivity index (χ2v) is 2.78. The Kier molecular flexibility index (Phi) is 5.41. The number of rotatable bonds is 6. The summed E-state index contributed by atoms with van der Waals surface area (Å²) in [5, 5.41) is 25.8. The van der Waals surface area contributed by atoms with Crippen LogP contribution < -0.4 is 5.73 Å². The first-order valence-electron chi connectivity index (χ1n) is 3.80. The highest BCUT2D eigenvalue weighted by molar-refractivity contribution is 4.75. The zero-order valence-electron chi connectivity index (χ0n) is 6.66. The molecule has 0 aromatic heterocycles. The summed E-state index contributed by atoms with van der Waals surface area (Å²) in [5.74, 6) is 0. The van der Waals surface area contributed by atoms with Crippen molar-refractivity contribution in [1.29, 1.82) is 0 Å². The first-order chi connectivity index (χ1) is 5.18. The Morgan fingerprint density at radius 3 is 1.27 bits per heavy atom. The molecule has 0 heterocycles. The highest BCUT2D eigenvalue weighted by atomic mass is 16.3. The topological polar surface area (TPSA) is 86.0 Å².